The van der Waals surface area contributed by atoms with Gasteiger partial charge in [-0.25, -0.2) is 17.8 Å². The van der Waals surface area contributed by atoms with Gasteiger partial charge in [0.05, 0.1) is 11.9 Å². The minimum absolute atomic E-state index is 0.144. The lowest BCUT2D eigenvalue weighted by molar-refractivity contribution is 0.573. The Morgan fingerprint density at radius 2 is 1.94 bits per heavy atom. The molecule has 0 saturated carbocycles. The van der Waals surface area contributed by atoms with Crippen LogP contribution < -0.4 is 4.72 Å². The fraction of sp³-hybridized carbons (Fsp3) is 0.182. The standard InChI is InChI=1S/C11H13N3O2S/c1-2-13-17(15,16)11-8-9-12-14(11)10-6-4-3-5-7-10/h3-9,13H,2H2,1H3. The van der Waals surface area contributed by atoms with E-state index in [0.29, 0.717) is 12.2 Å². The number of nitrogens with one attached hydrogen (secondary N) is 1. The SMILES string of the molecule is CCNS(=O)(=O)c1ccnn1-c1ccccc1. The van der Waals surface area contributed by atoms with Crippen LogP contribution in [-0.4, -0.2) is 24.7 Å². The second-order valence-electron chi connectivity index (χ2n) is 3.42. The van der Waals surface area contributed by atoms with Gasteiger partial charge in [0, 0.05) is 6.54 Å². The Labute approximate surface area is 100 Å². The molecule has 0 atom stereocenters. The van der Waals surface area contributed by atoms with E-state index >= 15 is 0 Å². The van der Waals surface area contributed by atoms with Gasteiger partial charge in [-0.15, -0.1) is 0 Å². The summed E-state index contributed by atoms with van der Waals surface area (Å²) >= 11 is 0. The van der Waals surface area contributed by atoms with Crippen LogP contribution in [0.3, 0.4) is 0 Å². The number of hydrogen-bond donors (Lipinski definition) is 1. The van der Waals surface area contributed by atoms with Gasteiger partial charge in [-0.3, -0.25) is 0 Å². The summed E-state index contributed by atoms with van der Waals surface area (Å²) in [5.41, 5.74) is 0.717. The first-order valence-corrected chi connectivity index (χ1v) is 6.72. The highest BCUT2D eigenvalue weighted by atomic mass is 32.2. The molecule has 6 heteroatoms. The van der Waals surface area contributed by atoms with Gasteiger partial charge in [-0.05, 0) is 18.2 Å². The molecule has 0 aliphatic heterocycles. The summed E-state index contributed by atoms with van der Waals surface area (Å²) in [6.45, 7) is 2.09. The summed E-state index contributed by atoms with van der Waals surface area (Å²) in [7, 11) is -3.50. The molecular formula is C11H13N3O2S. The van der Waals surface area contributed by atoms with Gasteiger partial charge < -0.3 is 0 Å². The first kappa shape index (κ1) is 11.8. The van der Waals surface area contributed by atoms with Crippen molar-refractivity contribution in [2.45, 2.75) is 11.9 Å². The highest BCUT2D eigenvalue weighted by Gasteiger charge is 2.18. The summed E-state index contributed by atoms with van der Waals surface area (Å²) < 4.78 is 27.7. The maximum atomic E-state index is 11.9. The van der Waals surface area contributed by atoms with Crippen molar-refractivity contribution in [2.75, 3.05) is 6.54 Å². The third-order valence-electron chi connectivity index (χ3n) is 2.22. The van der Waals surface area contributed by atoms with E-state index < -0.39 is 10.0 Å². The molecule has 0 amide bonds. The fourth-order valence-electron chi connectivity index (χ4n) is 1.52. The van der Waals surface area contributed by atoms with Crippen LogP contribution in [0.2, 0.25) is 0 Å². The Morgan fingerprint density at radius 3 is 2.59 bits per heavy atom. The Balaban J connectivity index is 2.50. The van der Waals surface area contributed by atoms with Crippen LogP contribution >= 0.6 is 0 Å². The average molecular weight is 251 g/mol. The predicted octanol–water partition coefficient (Wildman–Crippen LogP) is 1.17. The number of sulfonamides is 1. The van der Waals surface area contributed by atoms with Crippen molar-refractivity contribution in [2.24, 2.45) is 0 Å². The van der Waals surface area contributed by atoms with Gasteiger partial charge in [0.2, 0.25) is 0 Å². The molecule has 2 rings (SSSR count). The monoisotopic (exact) mass is 251 g/mol. The maximum Gasteiger partial charge on any atom is 0.258 e. The summed E-state index contributed by atoms with van der Waals surface area (Å²) in [6.07, 6.45) is 1.47. The molecule has 1 N–H and O–H groups in total. The van der Waals surface area contributed by atoms with Gasteiger partial charge in [-0.2, -0.15) is 5.10 Å². The van der Waals surface area contributed by atoms with E-state index in [-0.39, 0.29) is 5.03 Å². The lowest BCUT2D eigenvalue weighted by atomic mass is 10.3. The first-order valence-electron chi connectivity index (χ1n) is 5.24. The van der Waals surface area contributed by atoms with Crippen molar-refractivity contribution in [3.63, 3.8) is 0 Å². The second kappa shape index (κ2) is 4.68. The molecule has 5 nitrogen and oxygen atoms in total. The number of rotatable bonds is 4. The molecule has 0 aliphatic carbocycles. The summed E-state index contributed by atoms with van der Waals surface area (Å²) in [6, 6.07) is 10.6. The number of hydrogen-bond acceptors (Lipinski definition) is 3. The van der Waals surface area contributed by atoms with Crippen molar-refractivity contribution < 1.29 is 8.42 Å². The van der Waals surface area contributed by atoms with E-state index in [1.807, 2.05) is 18.2 Å². The molecule has 0 aliphatic rings. The zero-order valence-corrected chi connectivity index (χ0v) is 10.2. The molecule has 1 aromatic heterocycles. The predicted molar refractivity (Wildman–Crippen MR) is 64.4 cm³/mol. The molecule has 2 aromatic rings. The smallest absolute Gasteiger partial charge is 0.221 e. The molecule has 1 aromatic carbocycles. The van der Waals surface area contributed by atoms with E-state index in [9.17, 15) is 8.42 Å². The number of nitrogens with zero attached hydrogens (tertiary/aromatic N) is 2. The Kier molecular flexibility index (Phi) is 3.26. The highest BCUT2D eigenvalue weighted by Crippen LogP contribution is 2.14. The van der Waals surface area contributed by atoms with Crippen LogP contribution in [0, 0.1) is 0 Å². The lowest BCUT2D eigenvalue weighted by Crippen LogP contribution is -2.25. The van der Waals surface area contributed by atoms with Crippen LogP contribution in [0.4, 0.5) is 0 Å². The van der Waals surface area contributed by atoms with Crippen molar-refractivity contribution >= 4 is 10.0 Å². The van der Waals surface area contributed by atoms with E-state index in [0.717, 1.165) is 0 Å². The summed E-state index contributed by atoms with van der Waals surface area (Å²) in [5.74, 6) is 0. The van der Waals surface area contributed by atoms with Gasteiger partial charge in [-0.1, -0.05) is 25.1 Å². The van der Waals surface area contributed by atoms with Crippen LogP contribution in [0.5, 0.6) is 0 Å². The van der Waals surface area contributed by atoms with Crippen molar-refractivity contribution in [1.82, 2.24) is 14.5 Å². The molecule has 0 unspecified atom stereocenters. The normalized spacial score (nSPS) is 11.6. The lowest BCUT2D eigenvalue weighted by Gasteiger charge is -2.08. The second-order valence-corrected chi connectivity index (χ2v) is 5.13. The minimum Gasteiger partial charge on any atom is -0.221 e. The van der Waals surface area contributed by atoms with E-state index in [1.54, 1.807) is 19.1 Å². The zero-order chi connectivity index (χ0) is 12.3. The molecule has 1 heterocycles. The minimum atomic E-state index is -3.50. The average Bonchev–Trinajstić information content (AvgIpc) is 2.79. The van der Waals surface area contributed by atoms with Crippen LogP contribution in [0.25, 0.3) is 5.69 Å². The van der Waals surface area contributed by atoms with Crippen LogP contribution in [-0.2, 0) is 10.0 Å². The molecule has 17 heavy (non-hydrogen) atoms. The van der Waals surface area contributed by atoms with Crippen molar-refractivity contribution in [1.29, 1.82) is 0 Å². The molecule has 90 valence electrons. The third-order valence-corrected chi connectivity index (χ3v) is 3.75. The molecule has 0 spiro atoms. The van der Waals surface area contributed by atoms with Crippen molar-refractivity contribution in [3.8, 4) is 5.69 Å². The Hall–Kier alpha value is -1.66. The number of para-hydroxylation sites is 1. The molecule has 0 bridgehead atoms. The van der Waals surface area contributed by atoms with Gasteiger partial charge in [0.25, 0.3) is 10.0 Å². The third kappa shape index (κ3) is 2.37. The molecule has 0 radical (unpaired) electrons. The molecule has 0 saturated heterocycles. The maximum absolute atomic E-state index is 11.9. The molecular weight excluding hydrogens is 238 g/mol. The largest absolute Gasteiger partial charge is 0.258 e. The van der Waals surface area contributed by atoms with Crippen LogP contribution in [0.1, 0.15) is 6.92 Å². The van der Waals surface area contributed by atoms with E-state index in [1.165, 1.54) is 16.9 Å². The summed E-state index contributed by atoms with van der Waals surface area (Å²) in [4.78, 5) is 0. The first-order chi connectivity index (χ1) is 8.15. The van der Waals surface area contributed by atoms with E-state index in [4.69, 9.17) is 0 Å². The van der Waals surface area contributed by atoms with Crippen LogP contribution in [0.15, 0.2) is 47.6 Å². The van der Waals surface area contributed by atoms with E-state index in [2.05, 4.69) is 9.82 Å². The van der Waals surface area contributed by atoms with Gasteiger partial charge >= 0.3 is 0 Å². The van der Waals surface area contributed by atoms with Gasteiger partial charge in [0.15, 0.2) is 5.03 Å². The quantitative estimate of drug-likeness (QED) is 0.887. The van der Waals surface area contributed by atoms with Crippen molar-refractivity contribution in [3.05, 3.63) is 42.6 Å². The topological polar surface area (TPSA) is 64.0 Å². The highest BCUT2D eigenvalue weighted by molar-refractivity contribution is 7.89. The number of benzene rings is 1. The Bertz CT molecular complexity index is 590. The fourth-order valence-corrected chi connectivity index (χ4v) is 2.67. The summed E-state index contributed by atoms with van der Waals surface area (Å²) in [5, 5.41) is 4.18. The molecule has 0 fully saturated rings. The zero-order valence-electron chi connectivity index (χ0n) is 9.37. The Morgan fingerprint density at radius 1 is 1.24 bits per heavy atom. The van der Waals surface area contributed by atoms with Gasteiger partial charge in [0.1, 0.15) is 0 Å². The number of aromatic nitrogens is 2.